The third-order valence-corrected chi connectivity index (χ3v) is 5.68. The number of imide groups is 1. The van der Waals surface area contributed by atoms with Gasteiger partial charge in [-0.3, -0.25) is 14.5 Å². The Hall–Kier alpha value is -2.25. The van der Waals surface area contributed by atoms with Crippen molar-refractivity contribution >= 4 is 34.5 Å². The molecule has 1 heterocycles. The van der Waals surface area contributed by atoms with Crippen molar-refractivity contribution in [3.05, 3.63) is 58.4 Å². The number of benzene rings is 2. The van der Waals surface area contributed by atoms with Gasteiger partial charge in [-0.05, 0) is 48.7 Å². The molecule has 28 heavy (non-hydrogen) atoms. The van der Waals surface area contributed by atoms with Crippen molar-refractivity contribution < 1.29 is 23.5 Å². The van der Waals surface area contributed by atoms with Crippen LogP contribution in [0.25, 0.3) is 0 Å². The van der Waals surface area contributed by atoms with Crippen LogP contribution in [-0.4, -0.2) is 35.0 Å². The Balaban J connectivity index is 1.75. The third kappa shape index (κ3) is 4.42. The van der Waals surface area contributed by atoms with Gasteiger partial charge in [-0.15, -0.1) is 0 Å². The van der Waals surface area contributed by atoms with E-state index in [1.807, 2.05) is 0 Å². The highest BCUT2D eigenvalue weighted by Gasteiger charge is 2.38. The molecule has 2 amide bonds. The molecule has 0 saturated carbocycles. The van der Waals surface area contributed by atoms with Crippen LogP contribution in [0.3, 0.4) is 0 Å². The molecule has 148 valence electrons. The van der Waals surface area contributed by atoms with E-state index < -0.39 is 5.25 Å². The second-order valence-corrected chi connectivity index (χ2v) is 7.74. The van der Waals surface area contributed by atoms with Gasteiger partial charge in [0.15, 0.2) is 11.5 Å². The predicted octanol–water partition coefficient (Wildman–Crippen LogP) is 4.69. The van der Waals surface area contributed by atoms with Gasteiger partial charge in [0.1, 0.15) is 12.4 Å². The topological polar surface area (TPSA) is 55.8 Å². The van der Waals surface area contributed by atoms with Crippen LogP contribution >= 0.6 is 23.4 Å². The summed E-state index contributed by atoms with van der Waals surface area (Å²) in [6.45, 7) is 2.33. The highest BCUT2D eigenvalue weighted by atomic mass is 35.5. The maximum atomic E-state index is 13.0. The molecule has 0 N–H and O–H groups in total. The van der Waals surface area contributed by atoms with Crippen molar-refractivity contribution in [2.45, 2.75) is 25.2 Å². The Morgan fingerprint density at radius 3 is 2.50 bits per heavy atom. The third-order valence-electron chi connectivity index (χ3n) is 4.33. The Morgan fingerprint density at radius 1 is 1.18 bits per heavy atom. The Morgan fingerprint density at radius 2 is 1.89 bits per heavy atom. The van der Waals surface area contributed by atoms with Crippen LogP contribution in [0.4, 0.5) is 9.18 Å². The van der Waals surface area contributed by atoms with E-state index in [-0.39, 0.29) is 23.6 Å². The normalized spacial score (nSPS) is 16.6. The fraction of sp³-hybridized carbons (Fsp3) is 0.300. The zero-order valence-electron chi connectivity index (χ0n) is 15.4. The minimum absolute atomic E-state index is 0.191. The second kappa shape index (κ2) is 8.84. The lowest BCUT2D eigenvalue weighted by Crippen LogP contribution is -2.31. The van der Waals surface area contributed by atoms with E-state index >= 15 is 0 Å². The molecular weight excluding hydrogens is 405 g/mol. The lowest BCUT2D eigenvalue weighted by molar-refractivity contribution is -0.126. The first kappa shape index (κ1) is 20.5. The molecule has 0 bridgehead atoms. The molecule has 1 aliphatic heterocycles. The van der Waals surface area contributed by atoms with Gasteiger partial charge in [-0.25, -0.2) is 4.39 Å². The molecule has 2 aromatic carbocycles. The fourth-order valence-corrected chi connectivity index (χ4v) is 4.28. The number of nitrogens with zero attached hydrogens (tertiary/aromatic N) is 1. The van der Waals surface area contributed by atoms with Gasteiger partial charge >= 0.3 is 0 Å². The number of ether oxygens (including phenoxy) is 2. The molecule has 0 unspecified atom stereocenters. The maximum absolute atomic E-state index is 13.0. The minimum atomic E-state index is -0.473. The number of carbonyl (C=O) groups excluding carboxylic acids is 2. The summed E-state index contributed by atoms with van der Waals surface area (Å²) in [6.07, 6.45) is 0.361. The molecule has 1 saturated heterocycles. The second-order valence-electron chi connectivity index (χ2n) is 6.18. The zero-order chi connectivity index (χ0) is 20.3. The van der Waals surface area contributed by atoms with E-state index in [4.69, 9.17) is 21.1 Å². The quantitative estimate of drug-likeness (QED) is 0.646. The maximum Gasteiger partial charge on any atom is 0.289 e. The van der Waals surface area contributed by atoms with Crippen molar-refractivity contribution in [1.82, 2.24) is 4.90 Å². The number of amides is 2. The zero-order valence-corrected chi connectivity index (χ0v) is 17.0. The predicted molar refractivity (Wildman–Crippen MR) is 107 cm³/mol. The molecule has 3 rings (SSSR count). The number of methoxy groups -OCH3 is 1. The van der Waals surface area contributed by atoms with Crippen LogP contribution < -0.4 is 9.47 Å². The average molecular weight is 424 g/mol. The molecule has 1 atom stereocenters. The average Bonchev–Trinajstić information content (AvgIpc) is 2.94. The molecule has 0 radical (unpaired) electrons. The Bertz CT molecular complexity index is 891. The van der Waals surface area contributed by atoms with Crippen LogP contribution in [0.5, 0.6) is 11.5 Å². The summed E-state index contributed by atoms with van der Waals surface area (Å²) in [4.78, 5) is 25.4. The number of thioether (sulfide) groups is 1. The summed E-state index contributed by atoms with van der Waals surface area (Å²) < 4.78 is 24.2. The SMILES string of the molecule is CCN1C(=O)S[C@@H](Cc2cc(Cl)c(OCc3ccc(F)cc3)c(OC)c2)C1=O. The van der Waals surface area contributed by atoms with Crippen LogP contribution in [0.15, 0.2) is 36.4 Å². The van der Waals surface area contributed by atoms with E-state index in [1.165, 1.54) is 24.1 Å². The van der Waals surface area contributed by atoms with E-state index in [0.717, 1.165) is 22.9 Å². The summed E-state index contributed by atoms with van der Waals surface area (Å²) in [5, 5.41) is -0.361. The van der Waals surface area contributed by atoms with E-state index in [9.17, 15) is 14.0 Å². The first-order valence-electron chi connectivity index (χ1n) is 8.68. The van der Waals surface area contributed by atoms with E-state index in [0.29, 0.717) is 29.5 Å². The standard InChI is InChI=1S/C20H19ClFNO4S/c1-3-23-19(24)17(28-20(23)25)10-13-8-15(21)18(16(9-13)26-2)27-11-12-4-6-14(22)7-5-12/h4-9,17H,3,10-11H2,1-2H3/t17-/m0/s1. The van der Waals surface area contributed by atoms with Gasteiger partial charge in [0, 0.05) is 6.54 Å². The van der Waals surface area contributed by atoms with Gasteiger partial charge < -0.3 is 9.47 Å². The van der Waals surface area contributed by atoms with Gasteiger partial charge in [-0.2, -0.15) is 0 Å². The van der Waals surface area contributed by atoms with E-state index in [2.05, 4.69) is 0 Å². The van der Waals surface area contributed by atoms with Gasteiger partial charge in [0.05, 0.1) is 17.4 Å². The number of carbonyl (C=O) groups is 2. The van der Waals surface area contributed by atoms with Crippen molar-refractivity contribution in [3.63, 3.8) is 0 Å². The highest BCUT2D eigenvalue weighted by Crippen LogP contribution is 2.38. The molecular formula is C20H19ClFNO4S. The molecule has 1 fully saturated rings. The number of halogens is 2. The molecule has 8 heteroatoms. The van der Waals surface area contributed by atoms with Crippen LogP contribution in [0, 0.1) is 5.82 Å². The Labute approximate surface area is 171 Å². The molecule has 0 spiro atoms. The van der Waals surface area contributed by atoms with E-state index in [1.54, 1.807) is 31.2 Å². The highest BCUT2D eigenvalue weighted by molar-refractivity contribution is 8.15. The van der Waals surface area contributed by atoms with Crippen molar-refractivity contribution in [2.75, 3.05) is 13.7 Å². The summed E-state index contributed by atoms with van der Waals surface area (Å²) in [5.74, 6) is 0.292. The van der Waals surface area contributed by atoms with Gasteiger partial charge in [-0.1, -0.05) is 35.5 Å². The lowest BCUT2D eigenvalue weighted by Gasteiger charge is -2.15. The van der Waals surface area contributed by atoms with Crippen LogP contribution in [0.2, 0.25) is 5.02 Å². The monoisotopic (exact) mass is 423 g/mol. The first-order chi connectivity index (χ1) is 13.4. The summed E-state index contributed by atoms with van der Waals surface area (Å²) in [5.41, 5.74) is 1.56. The number of hydrogen-bond acceptors (Lipinski definition) is 5. The Kier molecular flexibility index (Phi) is 6.46. The summed E-state index contributed by atoms with van der Waals surface area (Å²) in [6, 6.07) is 9.43. The van der Waals surface area contributed by atoms with Crippen LogP contribution in [-0.2, 0) is 17.8 Å². The summed E-state index contributed by atoms with van der Waals surface area (Å²) in [7, 11) is 1.50. The molecule has 0 aliphatic carbocycles. The lowest BCUT2D eigenvalue weighted by atomic mass is 10.1. The van der Waals surface area contributed by atoms with Gasteiger partial charge in [0.2, 0.25) is 5.91 Å². The first-order valence-corrected chi connectivity index (χ1v) is 9.94. The van der Waals surface area contributed by atoms with Crippen LogP contribution in [0.1, 0.15) is 18.1 Å². The smallest absolute Gasteiger partial charge is 0.289 e. The van der Waals surface area contributed by atoms with Gasteiger partial charge in [0.25, 0.3) is 5.24 Å². The molecule has 2 aromatic rings. The fourth-order valence-electron chi connectivity index (χ4n) is 2.89. The molecule has 5 nitrogen and oxygen atoms in total. The van der Waals surface area contributed by atoms with Crippen molar-refractivity contribution in [3.8, 4) is 11.5 Å². The molecule has 1 aliphatic rings. The number of rotatable bonds is 7. The summed E-state index contributed by atoms with van der Waals surface area (Å²) >= 11 is 7.40. The van der Waals surface area contributed by atoms with Crippen molar-refractivity contribution in [2.24, 2.45) is 0 Å². The minimum Gasteiger partial charge on any atom is -0.493 e. The van der Waals surface area contributed by atoms with Crippen molar-refractivity contribution in [1.29, 1.82) is 0 Å². The number of hydrogen-bond donors (Lipinski definition) is 0. The molecule has 0 aromatic heterocycles. The largest absolute Gasteiger partial charge is 0.493 e.